The molecule has 0 saturated heterocycles. The summed E-state index contributed by atoms with van der Waals surface area (Å²) in [5.74, 6) is 0.621. The molecule has 0 spiro atoms. The monoisotopic (exact) mass is 315 g/mol. The van der Waals surface area contributed by atoms with Crippen LogP contribution in [0.15, 0.2) is 47.3 Å². The molecule has 0 amide bonds. The van der Waals surface area contributed by atoms with Gasteiger partial charge in [0, 0.05) is 31.0 Å². The maximum atomic E-state index is 11.1. The lowest BCUT2D eigenvalue weighted by molar-refractivity contribution is -0.106. The fraction of sp³-hybridized carbons (Fsp3) is 0.333. The van der Waals surface area contributed by atoms with E-state index < -0.39 is 0 Å². The Balaban J connectivity index is 0.000000223. The summed E-state index contributed by atoms with van der Waals surface area (Å²) in [6.07, 6.45) is 1.73. The molecule has 2 aromatic rings. The Hall–Kier alpha value is -2.56. The van der Waals surface area contributed by atoms with Gasteiger partial charge in [0.15, 0.2) is 0 Å². The number of aromatic nitrogens is 1. The summed E-state index contributed by atoms with van der Waals surface area (Å²) in [6, 6.07) is 13.0. The smallest absolute Gasteiger partial charge is 0.248 e. The van der Waals surface area contributed by atoms with Crippen LogP contribution in [0.2, 0.25) is 0 Å². The van der Waals surface area contributed by atoms with E-state index in [1.807, 2.05) is 36.4 Å². The Kier molecular flexibility index (Phi) is 7.60. The van der Waals surface area contributed by atoms with Gasteiger partial charge >= 0.3 is 0 Å². The summed E-state index contributed by atoms with van der Waals surface area (Å²) in [7, 11) is 2.06. The van der Waals surface area contributed by atoms with Crippen LogP contribution < -0.4 is 16.2 Å². The number of para-hydroxylation sites is 1. The molecule has 124 valence electrons. The number of fused-ring (bicyclic) bond motifs is 1. The summed E-state index contributed by atoms with van der Waals surface area (Å²) in [4.78, 5) is 25.0. The molecule has 0 saturated carbocycles. The number of pyridine rings is 1. The number of benzene rings is 1. The van der Waals surface area contributed by atoms with Crippen LogP contribution in [0.5, 0.6) is 0 Å². The van der Waals surface area contributed by atoms with Gasteiger partial charge in [-0.2, -0.15) is 0 Å². The number of anilines is 2. The van der Waals surface area contributed by atoms with Gasteiger partial charge < -0.3 is 20.4 Å². The predicted molar refractivity (Wildman–Crippen MR) is 95.8 cm³/mol. The second kappa shape index (κ2) is 9.46. The predicted octanol–water partition coefficient (Wildman–Crippen LogP) is 2.48. The maximum Gasteiger partial charge on any atom is 0.248 e. The maximum absolute atomic E-state index is 11.1. The fourth-order valence-electron chi connectivity index (χ4n) is 2.45. The van der Waals surface area contributed by atoms with Crippen molar-refractivity contribution < 1.29 is 4.79 Å². The molecule has 23 heavy (non-hydrogen) atoms. The Morgan fingerprint density at radius 3 is 2.35 bits per heavy atom. The van der Waals surface area contributed by atoms with Gasteiger partial charge in [-0.3, -0.25) is 4.79 Å². The first-order valence-corrected chi connectivity index (χ1v) is 7.61. The minimum Gasteiger partial charge on any atom is -0.399 e. The quantitative estimate of drug-likeness (QED) is 0.578. The molecule has 0 radical (unpaired) electrons. The number of hydrogen-bond acceptors (Lipinski definition) is 4. The van der Waals surface area contributed by atoms with Gasteiger partial charge in [-0.25, -0.2) is 0 Å². The van der Waals surface area contributed by atoms with Gasteiger partial charge in [0.1, 0.15) is 6.29 Å². The first-order chi connectivity index (χ1) is 11.0. The standard InChI is InChI=1S/C10H14N2O.C6H7N.C2H4O/c1-7-5-8-9(12(2)6-7)3-4-10(13)11-8;7-6-4-2-1-3-5-6;1-2-3/h3-4,7H,5-6H2,1-2H3,(H,11,13);1-5H,7H2;2H,1H3/t7-;;/m1../s1. The van der Waals surface area contributed by atoms with Crippen molar-refractivity contribution in [3.05, 3.63) is 58.5 Å². The molecule has 5 nitrogen and oxygen atoms in total. The van der Waals surface area contributed by atoms with E-state index in [-0.39, 0.29) is 5.56 Å². The molecule has 1 aliphatic rings. The number of aromatic amines is 1. The van der Waals surface area contributed by atoms with Crippen molar-refractivity contribution in [2.24, 2.45) is 5.92 Å². The lowest BCUT2D eigenvalue weighted by Gasteiger charge is -2.30. The Morgan fingerprint density at radius 2 is 1.83 bits per heavy atom. The zero-order valence-electron chi connectivity index (χ0n) is 14.0. The minimum atomic E-state index is 0.00116. The van der Waals surface area contributed by atoms with Crippen molar-refractivity contribution in [2.45, 2.75) is 20.3 Å². The molecule has 0 aliphatic carbocycles. The molecular weight excluding hydrogens is 290 g/mol. The highest BCUT2D eigenvalue weighted by Gasteiger charge is 2.18. The summed E-state index contributed by atoms with van der Waals surface area (Å²) < 4.78 is 0. The van der Waals surface area contributed by atoms with Crippen molar-refractivity contribution in [3.63, 3.8) is 0 Å². The molecule has 0 bridgehead atoms. The highest BCUT2D eigenvalue weighted by molar-refractivity contribution is 5.51. The number of aldehydes is 1. The van der Waals surface area contributed by atoms with Crippen LogP contribution in [0.1, 0.15) is 19.5 Å². The van der Waals surface area contributed by atoms with Crippen LogP contribution in [0.4, 0.5) is 11.4 Å². The van der Waals surface area contributed by atoms with Crippen molar-refractivity contribution in [2.75, 3.05) is 24.2 Å². The molecule has 3 rings (SSSR count). The van der Waals surface area contributed by atoms with Gasteiger partial charge in [0.05, 0.1) is 5.69 Å². The number of carbonyl (C=O) groups excluding carboxylic acids is 1. The number of nitrogens with one attached hydrogen (secondary N) is 1. The van der Waals surface area contributed by atoms with Gasteiger partial charge in [-0.1, -0.05) is 25.1 Å². The lowest BCUT2D eigenvalue weighted by atomic mass is 9.99. The lowest BCUT2D eigenvalue weighted by Crippen LogP contribution is -2.32. The number of hydrogen-bond donors (Lipinski definition) is 2. The molecule has 1 aromatic carbocycles. The molecule has 5 heteroatoms. The molecule has 1 aliphatic heterocycles. The summed E-state index contributed by atoms with van der Waals surface area (Å²) in [5, 5.41) is 0. The third kappa shape index (κ3) is 6.38. The van der Waals surface area contributed by atoms with Crippen LogP contribution in [0, 0.1) is 5.92 Å². The number of nitrogen functional groups attached to an aromatic ring is 1. The third-order valence-corrected chi connectivity index (χ3v) is 3.32. The third-order valence-electron chi connectivity index (χ3n) is 3.32. The summed E-state index contributed by atoms with van der Waals surface area (Å²) in [5.41, 5.74) is 8.42. The van der Waals surface area contributed by atoms with E-state index >= 15 is 0 Å². The number of H-pyrrole nitrogens is 1. The number of rotatable bonds is 0. The second-order valence-electron chi connectivity index (χ2n) is 5.52. The molecule has 0 fully saturated rings. The second-order valence-corrected chi connectivity index (χ2v) is 5.52. The van der Waals surface area contributed by atoms with E-state index in [0.717, 1.165) is 36.3 Å². The van der Waals surface area contributed by atoms with E-state index in [0.29, 0.717) is 5.92 Å². The number of nitrogens with zero attached hydrogens (tertiary/aromatic N) is 1. The topological polar surface area (TPSA) is 79.2 Å². The summed E-state index contributed by atoms with van der Waals surface area (Å²) in [6.45, 7) is 4.71. The van der Waals surface area contributed by atoms with Crippen LogP contribution in [0.3, 0.4) is 0 Å². The molecule has 3 N–H and O–H groups in total. The fourth-order valence-corrected chi connectivity index (χ4v) is 2.45. The molecule has 1 aromatic heterocycles. The van der Waals surface area contributed by atoms with E-state index in [9.17, 15) is 4.79 Å². The van der Waals surface area contributed by atoms with E-state index in [4.69, 9.17) is 10.5 Å². The van der Waals surface area contributed by atoms with Crippen molar-refractivity contribution in [3.8, 4) is 0 Å². The van der Waals surface area contributed by atoms with E-state index in [2.05, 4.69) is 23.9 Å². The van der Waals surface area contributed by atoms with Crippen LogP contribution in [-0.4, -0.2) is 24.9 Å². The average Bonchev–Trinajstić information content (AvgIpc) is 2.48. The first kappa shape index (κ1) is 18.5. The first-order valence-electron chi connectivity index (χ1n) is 7.61. The van der Waals surface area contributed by atoms with E-state index in [1.165, 1.54) is 6.92 Å². The van der Waals surface area contributed by atoms with Gasteiger partial charge in [0.25, 0.3) is 0 Å². The normalized spacial score (nSPS) is 15.3. The zero-order valence-corrected chi connectivity index (χ0v) is 14.0. The van der Waals surface area contributed by atoms with Crippen molar-refractivity contribution >= 4 is 17.7 Å². The zero-order chi connectivity index (χ0) is 17.2. The minimum absolute atomic E-state index is 0.00116. The van der Waals surface area contributed by atoms with Gasteiger partial charge in [-0.15, -0.1) is 0 Å². The molecule has 0 unspecified atom stereocenters. The highest BCUT2D eigenvalue weighted by Crippen LogP contribution is 2.24. The van der Waals surface area contributed by atoms with Crippen LogP contribution >= 0.6 is 0 Å². The Morgan fingerprint density at radius 1 is 1.22 bits per heavy atom. The molecular formula is C18H25N3O2. The number of carbonyl (C=O) groups is 1. The highest BCUT2D eigenvalue weighted by atomic mass is 16.1. The van der Waals surface area contributed by atoms with Gasteiger partial charge in [0.2, 0.25) is 5.56 Å². The van der Waals surface area contributed by atoms with Crippen molar-refractivity contribution in [1.29, 1.82) is 0 Å². The van der Waals surface area contributed by atoms with Crippen molar-refractivity contribution in [1.82, 2.24) is 4.98 Å². The SMILES string of the molecule is CC=O.C[C@@H]1Cc2[nH]c(=O)ccc2N(C)C1.Nc1ccccc1. The average molecular weight is 315 g/mol. The summed E-state index contributed by atoms with van der Waals surface area (Å²) >= 11 is 0. The molecule has 1 atom stereocenters. The largest absolute Gasteiger partial charge is 0.399 e. The van der Waals surface area contributed by atoms with Crippen LogP contribution in [0.25, 0.3) is 0 Å². The number of nitrogens with two attached hydrogens (primary N) is 1. The van der Waals surface area contributed by atoms with E-state index in [1.54, 1.807) is 6.07 Å². The van der Waals surface area contributed by atoms with Gasteiger partial charge in [-0.05, 0) is 37.5 Å². The molecule has 2 heterocycles. The Labute approximate surface area is 137 Å². The Bertz CT molecular complexity index is 653. The van der Waals surface area contributed by atoms with Crippen LogP contribution in [-0.2, 0) is 11.2 Å².